The van der Waals surface area contributed by atoms with E-state index in [1.54, 1.807) is 14.2 Å². The molecule has 0 saturated heterocycles. The van der Waals surface area contributed by atoms with Crippen molar-refractivity contribution in [1.82, 2.24) is 15.0 Å². The molecular weight excluding hydrogens is 242 g/mol. The summed E-state index contributed by atoms with van der Waals surface area (Å²) < 4.78 is 5.11. The quantitative estimate of drug-likeness (QED) is 0.897. The zero-order chi connectivity index (χ0) is 13.2. The number of hydrogen-bond donors (Lipinski definition) is 1. The molecule has 6 heteroatoms. The zero-order valence-electron chi connectivity index (χ0n) is 10.9. The number of rotatable bonds is 3. The fraction of sp³-hybridized carbons (Fsp3) is 0.308. The molecular formula is C13H15N5O. The summed E-state index contributed by atoms with van der Waals surface area (Å²) in [5.74, 6) is 1.14. The Hall–Kier alpha value is -2.37. The lowest BCUT2D eigenvalue weighted by Gasteiger charge is -2.16. The lowest BCUT2D eigenvalue weighted by molar-refractivity contribution is 0.378. The molecule has 0 aliphatic carbocycles. The molecule has 0 amide bonds. The molecule has 2 heterocycles. The Morgan fingerprint density at radius 2 is 1.79 bits per heavy atom. The molecule has 1 N–H and O–H groups in total. The van der Waals surface area contributed by atoms with Crippen molar-refractivity contribution in [1.29, 1.82) is 0 Å². The number of methoxy groups -OCH3 is 1. The van der Waals surface area contributed by atoms with E-state index < -0.39 is 0 Å². The third-order valence-electron chi connectivity index (χ3n) is 3.13. The Balaban J connectivity index is 1.92. The van der Waals surface area contributed by atoms with Crippen LogP contribution in [0.1, 0.15) is 11.1 Å². The second-order valence-electron chi connectivity index (χ2n) is 4.32. The Labute approximate surface area is 111 Å². The molecule has 0 bridgehead atoms. The average molecular weight is 257 g/mol. The first-order chi connectivity index (χ1) is 9.30. The van der Waals surface area contributed by atoms with E-state index in [0.717, 1.165) is 13.1 Å². The first-order valence-electron chi connectivity index (χ1n) is 6.09. The van der Waals surface area contributed by atoms with Gasteiger partial charge in [-0.1, -0.05) is 24.3 Å². The molecule has 98 valence electrons. The molecule has 1 aromatic carbocycles. The van der Waals surface area contributed by atoms with Crippen LogP contribution in [0.25, 0.3) is 0 Å². The number of ether oxygens (including phenoxy) is 1. The van der Waals surface area contributed by atoms with Crippen molar-refractivity contribution in [2.45, 2.75) is 13.1 Å². The van der Waals surface area contributed by atoms with Gasteiger partial charge in [0.1, 0.15) is 0 Å². The van der Waals surface area contributed by atoms with Gasteiger partial charge in [0.15, 0.2) is 0 Å². The van der Waals surface area contributed by atoms with Crippen molar-refractivity contribution in [3.05, 3.63) is 35.4 Å². The van der Waals surface area contributed by atoms with Crippen LogP contribution < -0.4 is 15.0 Å². The molecule has 1 aliphatic rings. The van der Waals surface area contributed by atoms with E-state index in [-0.39, 0.29) is 0 Å². The van der Waals surface area contributed by atoms with E-state index in [0.29, 0.717) is 17.9 Å². The summed E-state index contributed by atoms with van der Waals surface area (Å²) in [7, 11) is 3.33. The van der Waals surface area contributed by atoms with Gasteiger partial charge in [0.05, 0.1) is 7.11 Å². The van der Waals surface area contributed by atoms with E-state index in [4.69, 9.17) is 4.74 Å². The van der Waals surface area contributed by atoms with Gasteiger partial charge in [-0.15, -0.1) is 0 Å². The average Bonchev–Trinajstić information content (AvgIpc) is 2.90. The van der Waals surface area contributed by atoms with Crippen LogP contribution in [-0.2, 0) is 13.1 Å². The van der Waals surface area contributed by atoms with Gasteiger partial charge in [-0.2, -0.15) is 15.0 Å². The highest BCUT2D eigenvalue weighted by molar-refractivity contribution is 5.45. The third-order valence-corrected chi connectivity index (χ3v) is 3.13. The van der Waals surface area contributed by atoms with Gasteiger partial charge in [0.25, 0.3) is 0 Å². The second kappa shape index (κ2) is 4.72. The van der Waals surface area contributed by atoms with E-state index >= 15 is 0 Å². The van der Waals surface area contributed by atoms with Gasteiger partial charge in [0, 0.05) is 20.1 Å². The summed E-state index contributed by atoms with van der Waals surface area (Å²) in [5, 5.41) is 2.92. The summed E-state index contributed by atoms with van der Waals surface area (Å²) >= 11 is 0. The Bertz CT molecular complexity index is 554. The van der Waals surface area contributed by atoms with Gasteiger partial charge >= 0.3 is 6.01 Å². The van der Waals surface area contributed by atoms with Gasteiger partial charge in [-0.05, 0) is 11.1 Å². The second-order valence-corrected chi connectivity index (χ2v) is 4.32. The van der Waals surface area contributed by atoms with Crippen molar-refractivity contribution in [2.24, 2.45) is 0 Å². The van der Waals surface area contributed by atoms with Crippen LogP contribution in [0.4, 0.5) is 11.9 Å². The van der Waals surface area contributed by atoms with Crippen LogP contribution in [0.15, 0.2) is 24.3 Å². The fourth-order valence-corrected chi connectivity index (χ4v) is 2.16. The summed E-state index contributed by atoms with van der Waals surface area (Å²) in [6, 6.07) is 8.69. The number of hydrogen-bond acceptors (Lipinski definition) is 6. The van der Waals surface area contributed by atoms with Crippen LogP contribution in [0, 0.1) is 0 Å². The largest absolute Gasteiger partial charge is 0.467 e. The van der Waals surface area contributed by atoms with E-state index in [2.05, 4.69) is 49.4 Å². The number of fused-ring (bicyclic) bond motifs is 1. The molecule has 0 unspecified atom stereocenters. The Kier molecular flexibility index (Phi) is 2.91. The standard InChI is InChI=1S/C13H15N5O/c1-14-11-15-12(17-13(16-11)19-2)18-7-9-5-3-4-6-10(9)8-18/h3-6H,7-8H2,1-2H3,(H,14,15,16,17). The predicted molar refractivity (Wildman–Crippen MR) is 72.3 cm³/mol. The van der Waals surface area contributed by atoms with Gasteiger partial charge in [-0.25, -0.2) is 0 Å². The first-order valence-corrected chi connectivity index (χ1v) is 6.09. The highest BCUT2D eigenvalue weighted by Gasteiger charge is 2.21. The topological polar surface area (TPSA) is 63.2 Å². The Morgan fingerprint density at radius 3 is 2.37 bits per heavy atom. The predicted octanol–water partition coefficient (Wildman–Crippen LogP) is 1.44. The third kappa shape index (κ3) is 2.16. The van der Waals surface area contributed by atoms with Crippen molar-refractivity contribution < 1.29 is 4.74 Å². The molecule has 1 aliphatic heterocycles. The minimum Gasteiger partial charge on any atom is -0.467 e. The molecule has 0 spiro atoms. The number of anilines is 2. The maximum atomic E-state index is 5.11. The summed E-state index contributed by atoms with van der Waals surface area (Å²) in [6.07, 6.45) is 0. The molecule has 3 rings (SSSR count). The molecule has 6 nitrogen and oxygen atoms in total. The molecule has 0 fully saturated rings. The Morgan fingerprint density at radius 1 is 1.11 bits per heavy atom. The van der Waals surface area contributed by atoms with Crippen LogP contribution >= 0.6 is 0 Å². The number of aromatic nitrogens is 3. The minimum atomic E-state index is 0.324. The summed E-state index contributed by atoms with van der Waals surface area (Å²) in [6.45, 7) is 1.62. The molecule has 0 saturated carbocycles. The monoisotopic (exact) mass is 257 g/mol. The van der Waals surface area contributed by atoms with Crippen LogP contribution in [0.3, 0.4) is 0 Å². The summed E-state index contributed by atoms with van der Waals surface area (Å²) in [4.78, 5) is 14.9. The normalized spacial score (nSPS) is 13.3. The van der Waals surface area contributed by atoms with E-state index in [1.165, 1.54) is 11.1 Å². The van der Waals surface area contributed by atoms with Gasteiger partial charge in [0.2, 0.25) is 11.9 Å². The molecule has 0 atom stereocenters. The van der Waals surface area contributed by atoms with E-state index in [9.17, 15) is 0 Å². The summed E-state index contributed by atoms with van der Waals surface area (Å²) in [5.41, 5.74) is 2.63. The first kappa shape index (κ1) is 11.7. The SMILES string of the molecule is CNc1nc(OC)nc(N2Cc3ccccc3C2)n1. The lowest BCUT2D eigenvalue weighted by atomic mass is 10.1. The maximum Gasteiger partial charge on any atom is 0.322 e. The van der Waals surface area contributed by atoms with Crippen LogP contribution in [-0.4, -0.2) is 29.1 Å². The van der Waals surface area contributed by atoms with E-state index in [1.807, 2.05) is 0 Å². The fourth-order valence-electron chi connectivity index (χ4n) is 2.16. The number of nitrogens with zero attached hydrogens (tertiary/aromatic N) is 4. The molecule has 19 heavy (non-hydrogen) atoms. The van der Waals surface area contributed by atoms with Gasteiger partial charge < -0.3 is 15.0 Å². The minimum absolute atomic E-state index is 0.324. The highest BCUT2D eigenvalue weighted by atomic mass is 16.5. The number of benzene rings is 1. The van der Waals surface area contributed by atoms with Crippen LogP contribution in [0.5, 0.6) is 6.01 Å². The van der Waals surface area contributed by atoms with Crippen molar-refractivity contribution in [3.8, 4) is 6.01 Å². The van der Waals surface area contributed by atoms with Crippen molar-refractivity contribution in [2.75, 3.05) is 24.4 Å². The van der Waals surface area contributed by atoms with Crippen molar-refractivity contribution >= 4 is 11.9 Å². The highest BCUT2D eigenvalue weighted by Crippen LogP contribution is 2.26. The zero-order valence-corrected chi connectivity index (χ0v) is 10.9. The maximum absolute atomic E-state index is 5.11. The van der Waals surface area contributed by atoms with Gasteiger partial charge in [-0.3, -0.25) is 0 Å². The number of nitrogens with one attached hydrogen (secondary N) is 1. The molecule has 0 radical (unpaired) electrons. The lowest BCUT2D eigenvalue weighted by Crippen LogP contribution is -2.19. The van der Waals surface area contributed by atoms with Crippen LogP contribution in [0.2, 0.25) is 0 Å². The van der Waals surface area contributed by atoms with Crippen molar-refractivity contribution in [3.63, 3.8) is 0 Å². The molecule has 2 aromatic rings. The smallest absolute Gasteiger partial charge is 0.322 e. The molecule has 1 aromatic heterocycles.